The van der Waals surface area contributed by atoms with Crippen LogP contribution in [-0.4, -0.2) is 31.2 Å². The smallest absolute Gasteiger partial charge is 0.387 e. The minimum Gasteiger partial charge on any atom is -0.493 e. The fraction of sp³-hybridized carbons (Fsp3) is 0.294. The summed E-state index contributed by atoms with van der Waals surface area (Å²) in [6.07, 6.45) is 0. The van der Waals surface area contributed by atoms with Gasteiger partial charge in [-0.1, -0.05) is 17.7 Å². The number of halogens is 3. The van der Waals surface area contributed by atoms with Crippen LogP contribution in [0, 0.1) is 0 Å². The summed E-state index contributed by atoms with van der Waals surface area (Å²) in [7, 11) is 1.34. The lowest BCUT2D eigenvalue weighted by molar-refractivity contribution is -0.0512. The second kappa shape index (κ2) is 9.19. The number of benzene rings is 1. The predicted octanol–water partition coefficient (Wildman–Crippen LogP) is 3.67. The SMILES string of the molecule is CCOc1ccc(Cl)c(C(=O)NCc2ccc(OC)c(OC(F)F)c2)n1. The van der Waals surface area contributed by atoms with Gasteiger partial charge >= 0.3 is 6.61 Å². The van der Waals surface area contributed by atoms with E-state index < -0.39 is 12.5 Å². The van der Waals surface area contributed by atoms with Crippen molar-refractivity contribution in [2.24, 2.45) is 0 Å². The number of ether oxygens (including phenoxy) is 3. The highest BCUT2D eigenvalue weighted by atomic mass is 35.5. The summed E-state index contributed by atoms with van der Waals surface area (Å²) in [5, 5.41) is 2.79. The molecule has 6 nitrogen and oxygen atoms in total. The molecular weight excluding hydrogens is 370 g/mol. The molecule has 0 aliphatic rings. The number of hydrogen-bond acceptors (Lipinski definition) is 5. The van der Waals surface area contributed by atoms with Gasteiger partial charge in [-0.3, -0.25) is 4.79 Å². The summed E-state index contributed by atoms with van der Waals surface area (Å²) in [5.41, 5.74) is 0.544. The fourth-order valence-corrected chi connectivity index (χ4v) is 2.29. The van der Waals surface area contributed by atoms with E-state index >= 15 is 0 Å². The largest absolute Gasteiger partial charge is 0.493 e. The number of carbonyl (C=O) groups is 1. The third-order valence-electron chi connectivity index (χ3n) is 3.22. The van der Waals surface area contributed by atoms with Crippen LogP contribution in [0.15, 0.2) is 30.3 Å². The minimum atomic E-state index is -2.99. The summed E-state index contributed by atoms with van der Waals surface area (Å²) in [4.78, 5) is 16.3. The van der Waals surface area contributed by atoms with Crippen molar-refractivity contribution in [2.45, 2.75) is 20.1 Å². The zero-order valence-electron chi connectivity index (χ0n) is 14.1. The van der Waals surface area contributed by atoms with Crippen LogP contribution in [-0.2, 0) is 6.54 Å². The van der Waals surface area contributed by atoms with Crippen molar-refractivity contribution in [3.63, 3.8) is 0 Å². The number of aromatic nitrogens is 1. The van der Waals surface area contributed by atoms with Crippen LogP contribution in [0.25, 0.3) is 0 Å². The van der Waals surface area contributed by atoms with Gasteiger partial charge in [-0.15, -0.1) is 0 Å². The molecule has 1 aromatic carbocycles. The van der Waals surface area contributed by atoms with E-state index in [-0.39, 0.29) is 34.6 Å². The van der Waals surface area contributed by atoms with E-state index in [2.05, 4.69) is 15.0 Å². The van der Waals surface area contributed by atoms with E-state index in [4.69, 9.17) is 21.1 Å². The van der Waals surface area contributed by atoms with E-state index in [1.807, 2.05) is 0 Å². The van der Waals surface area contributed by atoms with Crippen LogP contribution < -0.4 is 19.5 Å². The molecule has 0 unspecified atom stereocenters. The maximum absolute atomic E-state index is 12.5. The van der Waals surface area contributed by atoms with E-state index in [0.717, 1.165) is 0 Å². The topological polar surface area (TPSA) is 69.7 Å². The zero-order valence-corrected chi connectivity index (χ0v) is 14.8. The molecule has 0 saturated carbocycles. The average Bonchev–Trinajstić information content (AvgIpc) is 2.61. The highest BCUT2D eigenvalue weighted by Crippen LogP contribution is 2.29. The van der Waals surface area contributed by atoms with Gasteiger partial charge in [-0.25, -0.2) is 4.98 Å². The van der Waals surface area contributed by atoms with Gasteiger partial charge < -0.3 is 19.5 Å². The average molecular weight is 387 g/mol. The van der Waals surface area contributed by atoms with E-state index in [1.54, 1.807) is 19.1 Å². The number of nitrogens with one attached hydrogen (secondary N) is 1. The Morgan fingerprint density at radius 3 is 2.69 bits per heavy atom. The van der Waals surface area contributed by atoms with Crippen LogP contribution >= 0.6 is 11.6 Å². The van der Waals surface area contributed by atoms with Gasteiger partial charge in [0.15, 0.2) is 17.2 Å². The monoisotopic (exact) mass is 386 g/mol. The van der Waals surface area contributed by atoms with Gasteiger partial charge in [-0.2, -0.15) is 8.78 Å². The van der Waals surface area contributed by atoms with Crippen molar-refractivity contribution in [1.82, 2.24) is 10.3 Å². The quantitative estimate of drug-likeness (QED) is 0.749. The van der Waals surface area contributed by atoms with Crippen LogP contribution in [0.1, 0.15) is 23.0 Å². The third kappa shape index (κ3) is 5.19. The number of alkyl halides is 2. The Morgan fingerprint density at radius 1 is 1.27 bits per heavy atom. The highest BCUT2D eigenvalue weighted by Gasteiger charge is 2.15. The Labute approximate surface area is 154 Å². The van der Waals surface area contributed by atoms with Gasteiger partial charge in [0.05, 0.1) is 18.7 Å². The molecule has 0 saturated heterocycles. The maximum atomic E-state index is 12.5. The molecule has 0 atom stereocenters. The maximum Gasteiger partial charge on any atom is 0.387 e. The first-order chi connectivity index (χ1) is 12.4. The Morgan fingerprint density at radius 2 is 2.04 bits per heavy atom. The second-order valence-corrected chi connectivity index (χ2v) is 5.37. The number of methoxy groups -OCH3 is 1. The van der Waals surface area contributed by atoms with Gasteiger partial charge in [0.2, 0.25) is 5.88 Å². The first kappa shape index (κ1) is 19.7. The lowest BCUT2D eigenvalue weighted by atomic mass is 10.2. The summed E-state index contributed by atoms with van der Waals surface area (Å²) < 4.78 is 39.5. The normalized spacial score (nSPS) is 10.5. The molecule has 140 valence electrons. The van der Waals surface area contributed by atoms with Crippen molar-refractivity contribution in [3.05, 3.63) is 46.6 Å². The second-order valence-electron chi connectivity index (χ2n) is 4.96. The standard InChI is InChI=1S/C17H17ClF2N2O4/c1-3-25-14-7-5-11(18)15(22-14)16(23)21-9-10-4-6-12(24-2)13(8-10)26-17(19)20/h4-8,17H,3,9H2,1-2H3,(H,21,23). The highest BCUT2D eigenvalue weighted by molar-refractivity contribution is 6.33. The number of amides is 1. The molecular formula is C17H17ClF2N2O4. The predicted molar refractivity (Wildman–Crippen MR) is 91.2 cm³/mol. The minimum absolute atomic E-state index is 0.00943. The first-order valence-electron chi connectivity index (χ1n) is 7.63. The van der Waals surface area contributed by atoms with Crippen LogP contribution in [0.5, 0.6) is 17.4 Å². The zero-order chi connectivity index (χ0) is 19.1. The Bertz CT molecular complexity index is 774. The summed E-state index contributed by atoms with van der Waals surface area (Å²) in [6.45, 7) is -0.745. The van der Waals surface area contributed by atoms with E-state index in [1.165, 1.54) is 25.3 Å². The molecule has 0 spiro atoms. The number of carbonyl (C=O) groups excluding carboxylic acids is 1. The number of nitrogens with zero attached hydrogens (tertiary/aromatic N) is 1. The van der Waals surface area contributed by atoms with Crippen molar-refractivity contribution in [1.29, 1.82) is 0 Å². The van der Waals surface area contributed by atoms with Gasteiger partial charge in [0.25, 0.3) is 5.91 Å². The number of hydrogen-bond donors (Lipinski definition) is 1. The van der Waals surface area contributed by atoms with E-state index in [0.29, 0.717) is 12.2 Å². The Balaban J connectivity index is 2.11. The summed E-state index contributed by atoms with van der Waals surface area (Å²) in [5.74, 6) is -0.207. The summed E-state index contributed by atoms with van der Waals surface area (Å²) >= 11 is 6.00. The van der Waals surface area contributed by atoms with Crippen LogP contribution in [0.3, 0.4) is 0 Å². The molecule has 0 aliphatic heterocycles. The lowest BCUT2D eigenvalue weighted by Crippen LogP contribution is -2.24. The van der Waals surface area contributed by atoms with Crippen molar-refractivity contribution >= 4 is 17.5 Å². The molecule has 26 heavy (non-hydrogen) atoms. The van der Waals surface area contributed by atoms with Crippen molar-refractivity contribution < 1.29 is 27.8 Å². The molecule has 2 rings (SSSR count). The van der Waals surface area contributed by atoms with E-state index in [9.17, 15) is 13.6 Å². The number of rotatable bonds is 8. The molecule has 1 amide bonds. The Kier molecular flexibility index (Phi) is 6.97. The molecule has 9 heteroatoms. The van der Waals surface area contributed by atoms with Gasteiger partial charge in [0, 0.05) is 12.6 Å². The number of pyridine rings is 1. The van der Waals surface area contributed by atoms with Gasteiger partial charge in [-0.05, 0) is 30.7 Å². The molecule has 2 aromatic rings. The molecule has 0 bridgehead atoms. The van der Waals surface area contributed by atoms with Crippen molar-refractivity contribution in [3.8, 4) is 17.4 Å². The van der Waals surface area contributed by atoms with Crippen LogP contribution in [0.2, 0.25) is 5.02 Å². The van der Waals surface area contributed by atoms with Gasteiger partial charge in [0.1, 0.15) is 0 Å². The molecule has 0 radical (unpaired) electrons. The molecule has 0 fully saturated rings. The molecule has 1 N–H and O–H groups in total. The molecule has 0 aliphatic carbocycles. The first-order valence-corrected chi connectivity index (χ1v) is 8.01. The molecule has 1 aromatic heterocycles. The third-order valence-corrected chi connectivity index (χ3v) is 3.53. The van der Waals surface area contributed by atoms with Crippen molar-refractivity contribution in [2.75, 3.05) is 13.7 Å². The fourth-order valence-electron chi connectivity index (χ4n) is 2.10. The summed E-state index contributed by atoms with van der Waals surface area (Å²) in [6, 6.07) is 7.51. The van der Waals surface area contributed by atoms with Crippen LogP contribution in [0.4, 0.5) is 8.78 Å². The molecule has 1 heterocycles. The lowest BCUT2D eigenvalue weighted by Gasteiger charge is -2.12. The Hall–Kier alpha value is -2.61.